The number of carbonyl (C=O) groups is 1. The first-order valence-corrected chi connectivity index (χ1v) is 5.19. The molecule has 2 N–H and O–H groups in total. The Kier molecular flexibility index (Phi) is 3.05. The maximum atomic E-state index is 9.00. The summed E-state index contributed by atoms with van der Waals surface area (Å²) in [5.41, 5.74) is 2.21. The third-order valence-corrected chi connectivity index (χ3v) is 2.30. The van der Waals surface area contributed by atoms with Gasteiger partial charge in [-0.05, 0) is 12.1 Å². The smallest absolute Gasteiger partial charge is 0.300 e. The Balaban J connectivity index is 0.000000239. The first-order valence-electron chi connectivity index (χ1n) is 5.19. The minimum absolute atomic E-state index is 0.833. The summed E-state index contributed by atoms with van der Waals surface area (Å²) in [6.07, 6.45) is 3.84. The van der Waals surface area contributed by atoms with Crippen LogP contribution in [0.25, 0.3) is 21.8 Å². The number of carboxylic acids is 1. The minimum Gasteiger partial charge on any atom is -0.481 e. The van der Waals surface area contributed by atoms with Gasteiger partial charge in [-0.2, -0.15) is 0 Å². The van der Waals surface area contributed by atoms with Gasteiger partial charge in [-0.1, -0.05) is 18.2 Å². The molecule has 0 unspecified atom stereocenters. The number of pyridine rings is 1. The van der Waals surface area contributed by atoms with E-state index in [-0.39, 0.29) is 0 Å². The topological polar surface area (TPSA) is 66.0 Å². The summed E-state index contributed by atoms with van der Waals surface area (Å²) >= 11 is 0. The molecular weight excluding hydrogens is 216 g/mol. The second kappa shape index (κ2) is 4.65. The lowest BCUT2D eigenvalue weighted by molar-refractivity contribution is -0.134. The number of benzene rings is 1. The van der Waals surface area contributed by atoms with Crippen LogP contribution in [0.1, 0.15) is 6.92 Å². The van der Waals surface area contributed by atoms with Crippen LogP contribution in [0.3, 0.4) is 0 Å². The van der Waals surface area contributed by atoms with Crippen molar-refractivity contribution >= 4 is 27.8 Å². The summed E-state index contributed by atoms with van der Waals surface area (Å²) < 4.78 is 0. The average Bonchev–Trinajstić information content (AvgIpc) is 2.76. The maximum absolute atomic E-state index is 9.00. The van der Waals surface area contributed by atoms with Crippen molar-refractivity contribution in [2.75, 3.05) is 0 Å². The number of H-pyrrole nitrogens is 1. The number of para-hydroxylation sites is 1. The van der Waals surface area contributed by atoms with Crippen LogP contribution in [0, 0.1) is 0 Å². The van der Waals surface area contributed by atoms with E-state index in [9.17, 15) is 0 Å². The quantitative estimate of drug-likeness (QED) is 0.621. The second-order valence-corrected chi connectivity index (χ2v) is 3.60. The SMILES string of the molecule is CC(=O)O.c1ccc2c(c1)ncc1cc[nH]c12. The first-order chi connectivity index (χ1) is 8.18. The van der Waals surface area contributed by atoms with Crippen LogP contribution < -0.4 is 0 Å². The van der Waals surface area contributed by atoms with E-state index in [1.807, 2.05) is 36.7 Å². The van der Waals surface area contributed by atoms with Gasteiger partial charge in [0.2, 0.25) is 0 Å². The van der Waals surface area contributed by atoms with Gasteiger partial charge in [0.1, 0.15) is 0 Å². The third-order valence-electron chi connectivity index (χ3n) is 2.30. The summed E-state index contributed by atoms with van der Waals surface area (Å²) in [5.74, 6) is -0.833. The molecule has 2 aromatic heterocycles. The van der Waals surface area contributed by atoms with Crippen LogP contribution in [-0.4, -0.2) is 21.0 Å². The monoisotopic (exact) mass is 228 g/mol. The van der Waals surface area contributed by atoms with Gasteiger partial charge in [0.25, 0.3) is 5.97 Å². The molecule has 0 aliphatic carbocycles. The highest BCUT2D eigenvalue weighted by Crippen LogP contribution is 2.20. The molecule has 0 atom stereocenters. The Morgan fingerprint density at radius 1 is 1.29 bits per heavy atom. The van der Waals surface area contributed by atoms with E-state index in [2.05, 4.69) is 16.0 Å². The molecule has 0 aliphatic rings. The van der Waals surface area contributed by atoms with Gasteiger partial charge in [0.15, 0.2) is 0 Å². The Morgan fingerprint density at radius 3 is 2.76 bits per heavy atom. The molecule has 0 saturated carbocycles. The zero-order valence-electron chi connectivity index (χ0n) is 9.34. The van der Waals surface area contributed by atoms with Crippen LogP contribution >= 0.6 is 0 Å². The Morgan fingerprint density at radius 2 is 2.00 bits per heavy atom. The van der Waals surface area contributed by atoms with E-state index >= 15 is 0 Å². The molecule has 0 radical (unpaired) electrons. The van der Waals surface area contributed by atoms with Gasteiger partial charge in [-0.25, -0.2) is 0 Å². The number of aromatic nitrogens is 2. The van der Waals surface area contributed by atoms with Crippen LogP contribution in [0.15, 0.2) is 42.7 Å². The van der Waals surface area contributed by atoms with Gasteiger partial charge in [0, 0.05) is 30.1 Å². The highest BCUT2D eigenvalue weighted by molar-refractivity contribution is 6.02. The molecule has 4 heteroatoms. The minimum atomic E-state index is -0.833. The number of aliphatic carboxylic acids is 1. The van der Waals surface area contributed by atoms with Gasteiger partial charge in [0.05, 0.1) is 11.0 Å². The Labute approximate surface area is 97.9 Å². The number of nitrogens with one attached hydrogen (secondary N) is 1. The predicted octanol–water partition coefficient (Wildman–Crippen LogP) is 2.81. The highest BCUT2D eigenvalue weighted by atomic mass is 16.4. The van der Waals surface area contributed by atoms with Gasteiger partial charge in [-0.3, -0.25) is 9.78 Å². The Hall–Kier alpha value is -2.36. The standard InChI is InChI=1S/C11H8N2.C2H4O2/c1-2-4-10-9(3-1)11-8(7-13-10)5-6-12-11;1-2(3)4/h1-7,12H;1H3,(H,3,4). The molecule has 3 aromatic rings. The molecule has 0 bridgehead atoms. The molecule has 1 aromatic carbocycles. The largest absolute Gasteiger partial charge is 0.481 e. The maximum Gasteiger partial charge on any atom is 0.300 e. The van der Waals surface area contributed by atoms with Crippen molar-refractivity contribution in [2.45, 2.75) is 6.92 Å². The first kappa shape index (κ1) is 11.1. The zero-order chi connectivity index (χ0) is 12.3. The molecule has 86 valence electrons. The number of fused-ring (bicyclic) bond motifs is 3. The summed E-state index contributed by atoms with van der Waals surface area (Å²) in [7, 11) is 0. The average molecular weight is 228 g/mol. The van der Waals surface area contributed by atoms with Gasteiger partial charge >= 0.3 is 0 Å². The summed E-state index contributed by atoms with van der Waals surface area (Å²) in [5, 5.41) is 9.77. The lowest BCUT2D eigenvalue weighted by atomic mass is 10.2. The molecule has 4 nitrogen and oxygen atoms in total. The molecular formula is C13H12N2O2. The molecule has 0 amide bonds. The van der Waals surface area contributed by atoms with Crippen molar-refractivity contribution in [1.82, 2.24) is 9.97 Å². The fourth-order valence-corrected chi connectivity index (χ4v) is 1.66. The molecule has 0 aliphatic heterocycles. The van der Waals surface area contributed by atoms with Crippen molar-refractivity contribution < 1.29 is 9.90 Å². The van der Waals surface area contributed by atoms with Gasteiger partial charge in [-0.15, -0.1) is 0 Å². The number of nitrogens with zero attached hydrogens (tertiary/aromatic N) is 1. The lowest BCUT2D eigenvalue weighted by Crippen LogP contribution is -1.78. The predicted molar refractivity (Wildman–Crippen MR) is 66.9 cm³/mol. The number of carboxylic acid groups (broad SMARTS) is 1. The highest BCUT2D eigenvalue weighted by Gasteiger charge is 1.99. The molecule has 0 fully saturated rings. The van der Waals surface area contributed by atoms with Crippen molar-refractivity contribution in [3.05, 3.63) is 42.7 Å². The molecule has 0 spiro atoms. The van der Waals surface area contributed by atoms with Crippen molar-refractivity contribution in [3.8, 4) is 0 Å². The normalized spacial score (nSPS) is 9.94. The van der Waals surface area contributed by atoms with Crippen molar-refractivity contribution in [1.29, 1.82) is 0 Å². The van der Waals surface area contributed by atoms with Gasteiger partial charge < -0.3 is 10.1 Å². The van der Waals surface area contributed by atoms with Crippen LogP contribution in [0.5, 0.6) is 0 Å². The summed E-state index contributed by atoms with van der Waals surface area (Å²) in [6, 6.07) is 10.2. The third kappa shape index (κ3) is 2.42. The fraction of sp³-hybridized carbons (Fsp3) is 0.0769. The molecule has 2 heterocycles. The number of hydrogen-bond donors (Lipinski definition) is 2. The fourth-order valence-electron chi connectivity index (χ4n) is 1.66. The van der Waals surface area contributed by atoms with Crippen LogP contribution in [0.4, 0.5) is 0 Å². The van der Waals surface area contributed by atoms with E-state index in [4.69, 9.17) is 9.90 Å². The van der Waals surface area contributed by atoms with Crippen LogP contribution in [0.2, 0.25) is 0 Å². The van der Waals surface area contributed by atoms with E-state index in [0.717, 1.165) is 12.4 Å². The molecule has 3 rings (SSSR count). The molecule has 0 saturated heterocycles. The van der Waals surface area contributed by atoms with Crippen molar-refractivity contribution in [3.63, 3.8) is 0 Å². The molecule has 17 heavy (non-hydrogen) atoms. The second-order valence-electron chi connectivity index (χ2n) is 3.60. The van der Waals surface area contributed by atoms with E-state index in [1.165, 1.54) is 16.3 Å². The van der Waals surface area contributed by atoms with E-state index in [0.29, 0.717) is 0 Å². The van der Waals surface area contributed by atoms with Crippen molar-refractivity contribution in [2.24, 2.45) is 0 Å². The zero-order valence-corrected chi connectivity index (χ0v) is 9.34. The Bertz CT molecular complexity index is 654. The van der Waals surface area contributed by atoms with E-state index in [1.54, 1.807) is 0 Å². The lowest BCUT2D eigenvalue weighted by Gasteiger charge is -1.96. The number of hydrogen-bond acceptors (Lipinski definition) is 2. The number of rotatable bonds is 0. The van der Waals surface area contributed by atoms with Crippen LogP contribution in [-0.2, 0) is 4.79 Å². The van der Waals surface area contributed by atoms with E-state index < -0.39 is 5.97 Å². The summed E-state index contributed by atoms with van der Waals surface area (Å²) in [4.78, 5) is 16.6. The summed E-state index contributed by atoms with van der Waals surface area (Å²) in [6.45, 7) is 1.08. The number of aromatic amines is 1.